The minimum Gasteiger partial charge on any atom is -0.381 e. The molecule has 2 aromatic heterocycles. The van der Waals surface area contributed by atoms with Gasteiger partial charge in [-0.2, -0.15) is 5.10 Å². The third-order valence-electron chi connectivity index (χ3n) is 3.44. The van der Waals surface area contributed by atoms with Gasteiger partial charge in [0.2, 0.25) is 0 Å². The topological polar surface area (TPSA) is 68.5 Å². The van der Waals surface area contributed by atoms with Gasteiger partial charge in [-0.3, -0.25) is 4.79 Å². The number of amides is 1. The zero-order valence-electron chi connectivity index (χ0n) is 10.6. The number of fused-ring (bicyclic) bond motifs is 1. The molecule has 0 bridgehead atoms. The van der Waals surface area contributed by atoms with Crippen LogP contribution in [0.5, 0.6) is 0 Å². The van der Waals surface area contributed by atoms with E-state index in [0.29, 0.717) is 23.7 Å². The van der Waals surface area contributed by atoms with Crippen LogP contribution in [0.2, 0.25) is 0 Å². The Kier molecular flexibility index (Phi) is 3.41. The highest BCUT2D eigenvalue weighted by molar-refractivity contribution is 5.94. The fourth-order valence-corrected chi connectivity index (χ4v) is 2.25. The van der Waals surface area contributed by atoms with Gasteiger partial charge in [0.05, 0.1) is 0 Å². The van der Waals surface area contributed by atoms with Crippen LogP contribution in [0, 0.1) is 5.92 Å². The van der Waals surface area contributed by atoms with Gasteiger partial charge in [-0.15, -0.1) is 0 Å². The monoisotopic (exact) mass is 260 g/mol. The smallest absolute Gasteiger partial charge is 0.251 e. The lowest BCUT2D eigenvalue weighted by Crippen LogP contribution is -2.32. The van der Waals surface area contributed by atoms with Gasteiger partial charge >= 0.3 is 0 Å². The van der Waals surface area contributed by atoms with E-state index in [1.165, 1.54) is 6.33 Å². The number of nitrogens with zero attached hydrogens (tertiary/aromatic N) is 3. The van der Waals surface area contributed by atoms with Crippen LogP contribution in [-0.2, 0) is 4.74 Å². The average molecular weight is 260 g/mol. The summed E-state index contributed by atoms with van der Waals surface area (Å²) in [5.41, 5.74) is 1.30. The van der Waals surface area contributed by atoms with Crippen molar-refractivity contribution in [1.29, 1.82) is 0 Å². The molecule has 0 aliphatic carbocycles. The van der Waals surface area contributed by atoms with Crippen molar-refractivity contribution >= 4 is 11.6 Å². The SMILES string of the molecule is O=C(NCC1CCOCC1)c1ccn2ncnc2c1. The molecule has 0 aromatic carbocycles. The molecule has 0 spiro atoms. The Balaban J connectivity index is 1.62. The molecule has 1 aliphatic heterocycles. The zero-order valence-corrected chi connectivity index (χ0v) is 10.6. The van der Waals surface area contributed by atoms with E-state index in [2.05, 4.69) is 15.4 Å². The highest BCUT2D eigenvalue weighted by Crippen LogP contribution is 2.13. The summed E-state index contributed by atoms with van der Waals surface area (Å²) in [6.07, 6.45) is 5.25. The first kappa shape index (κ1) is 12.1. The van der Waals surface area contributed by atoms with Gasteiger partial charge in [-0.05, 0) is 30.9 Å². The van der Waals surface area contributed by atoms with E-state index in [0.717, 1.165) is 26.1 Å². The van der Waals surface area contributed by atoms with E-state index in [4.69, 9.17) is 4.74 Å². The first-order chi connectivity index (χ1) is 9.33. The second kappa shape index (κ2) is 5.36. The molecule has 6 heteroatoms. The van der Waals surface area contributed by atoms with Crippen LogP contribution in [0.15, 0.2) is 24.7 Å². The van der Waals surface area contributed by atoms with E-state index >= 15 is 0 Å². The lowest BCUT2D eigenvalue weighted by atomic mass is 10.0. The molecule has 6 nitrogen and oxygen atoms in total. The Morgan fingerprint density at radius 3 is 3.16 bits per heavy atom. The summed E-state index contributed by atoms with van der Waals surface area (Å²) in [7, 11) is 0. The number of carbonyl (C=O) groups is 1. The summed E-state index contributed by atoms with van der Waals surface area (Å²) < 4.78 is 6.93. The second-order valence-corrected chi connectivity index (χ2v) is 4.74. The molecule has 3 rings (SSSR count). The Morgan fingerprint density at radius 1 is 1.47 bits per heavy atom. The van der Waals surface area contributed by atoms with E-state index < -0.39 is 0 Å². The summed E-state index contributed by atoms with van der Waals surface area (Å²) in [6, 6.07) is 3.49. The molecule has 0 unspecified atom stereocenters. The molecule has 0 saturated carbocycles. The normalized spacial score (nSPS) is 16.6. The summed E-state index contributed by atoms with van der Waals surface area (Å²) in [6.45, 7) is 2.30. The molecule has 100 valence electrons. The largest absolute Gasteiger partial charge is 0.381 e. The second-order valence-electron chi connectivity index (χ2n) is 4.74. The van der Waals surface area contributed by atoms with Gasteiger partial charge in [0, 0.05) is 31.5 Å². The third-order valence-corrected chi connectivity index (χ3v) is 3.44. The van der Waals surface area contributed by atoms with E-state index in [1.807, 2.05) is 0 Å². The number of ether oxygens (including phenoxy) is 1. The number of nitrogens with one attached hydrogen (secondary N) is 1. The fraction of sp³-hybridized carbons (Fsp3) is 0.462. The number of hydrogen-bond donors (Lipinski definition) is 1. The van der Waals surface area contributed by atoms with E-state index in [9.17, 15) is 4.79 Å². The highest BCUT2D eigenvalue weighted by Gasteiger charge is 2.15. The van der Waals surface area contributed by atoms with Gasteiger partial charge < -0.3 is 10.1 Å². The lowest BCUT2D eigenvalue weighted by Gasteiger charge is -2.22. The molecule has 2 aromatic rings. The van der Waals surface area contributed by atoms with Crippen molar-refractivity contribution in [2.24, 2.45) is 5.92 Å². The number of aromatic nitrogens is 3. The summed E-state index contributed by atoms with van der Waals surface area (Å²) in [4.78, 5) is 16.1. The maximum atomic E-state index is 12.1. The predicted molar refractivity (Wildman–Crippen MR) is 68.9 cm³/mol. The maximum Gasteiger partial charge on any atom is 0.251 e. The third kappa shape index (κ3) is 2.73. The van der Waals surface area contributed by atoms with Crippen molar-refractivity contribution in [3.05, 3.63) is 30.2 Å². The minimum absolute atomic E-state index is 0.0583. The molecule has 19 heavy (non-hydrogen) atoms. The molecular weight excluding hydrogens is 244 g/mol. The molecule has 0 atom stereocenters. The zero-order chi connectivity index (χ0) is 13.1. The van der Waals surface area contributed by atoms with Gasteiger partial charge in [0.25, 0.3) is 5.91 Å². The molecule has 3 heterocycles. The molecule has 1 saturated heterocycles. The van der Waals surface area contributed by atoms with Gasteiger partial charge in [-0.1, -0.05) is 0 Å². The highest BCUT2D eigenvalue weighted by atomic mass is 16.5. The Bertz CT molecular complexity index is 575. The van der Waals surface area contributed by atoms with Crippen LogP contribution in [0.4, 0.5) is 0 Å². The molecule has 1 fully saturated rings. The van der Waals surface area contributed by atoms with Crippen molar-refractivity contribution in [2.45, 2.75) is 12.8 Å². The standard InChI is InChI=1S/C13H16N4O2/c18-13(14-8-10-2-5-19-6-3-10)11-1-4-17-12(7-11)15-9-16-17/h1,4,7,9-10H,2-3,5-6,8H2,(H,14,18). The summed E-state index contributed by atoms with van der Waals surface area (Å²) >= 11 is 0. The van der Waals surface area contributed by atoms with Gasteiger partial charge in [0.15, 0.2) is 5.65 Å². The lowest BCUT2D eigenvalue weighted by molar-refractivity contribution is 0.0642. The van der Waals surface area contributed by atoms with Crippen molar-refractivity contribution in [1.82, 2.24) is 19.9 Å². The van der Waals surface area contributed by atoms with Crippen molar-refractivity contribution in [2.75, 3.05) is 19.8 Å². The number of rotatable bonds is 3. The van der Waals surface area contributed by atoms with E-state index in [-0.39, 0.29) is 5.91 Å². The summed E-state index contributed by atoms with van der Waals surface area (Å²) in [5.74, 6) is 0.464. The van der Waals surface area contributed by atoms with Gasteiger partial charge in [0.1, 0.15) is 6.33 Å². The van der Waals surface area contributed by atoms with Gasteiger partial charge in [-0.25, -0.2) is 9.50 Å². The van der Waals surface area contributed by atoms with Crippen molar-refractivity contribution < 1.29 is 9.53 Å². The molecule has 1 amide bonds. The molecule has 0 radical (unpaired) electrons. The van der Waals surface area contributed by atoms with Crippen molar-refractivity contribution in [3.63, 3.8) is 0 Å². The molecule has 1 N–H and O–H groups in total. The molecule has 1 aliphatic rings. The van der Waals surface area contributed by atoms with Crippen molar-refractivity contribution in [3.8, 4) is 0 Å². The first-order valence-corrected chi connectivity index (χ1v) is 6.48. The maximum absolute atomic E-state index is 12.1. The number of hydrogen-bond acceptors (Lipinski definition) is 4. The van der Waals surface area contributed by atoms with Crippen LogP contribution >= 0.6 is 0 Å². The first-order valence-electron chi connectivity index (χ1n) is 6.48. The Morgan fingerprint density at radius 2 is 2.32 bits per heavy atom. The summed E-state index contributed by atoms with van der Waals surface area (Å²) in [5, 5.41) is 6.97. The van der Waals surface area contributed by atoms with Crippen LogP contribution in [-0.4, -0.2) is 40.3 Å². The fourth-order valence-electron chi connectivity index (χ4n) is 2.25. The number of carbonyl (C=O) groups excluding carboxylic acids is 1. The van der Waals surface area contributed by atoms with E-state index in [1.54, 1.807) is 22.8 Å². The minimum atomic E-state index is -0.0583. The van der Waals surface area contributed by atoms with Crippen LogP contribution in [0.3, 0.4) is 0 Å². The Labute approximate surface area is 110 Å². The average Bonchev–Trinajstić information content (AvgIpc) is 2.93. The molecular formula is C13H16N4O2. The van der Waals surface area contributed by atoms with Crippen LogP contribution in [0.25, 0.3) is 5.65 Å². The Hall–Kier alpha value is -1.95. The van der Waals surface area contributed by atoms with Crippen LogP contribution in [0.1, 0.15) is 23.2 Å². The predicted octanol–water partition coefficient (Wildman–Crippen LogP) is 0.886. The van der Waals surface area contributed by atoms with Crippen LogP contribution < -0.4 is 5.32 Å². The number of pyridine rings is 1. The quantitative estimate of drug-likeness (QED) is 0.889.